The standard InChI is InChI=1S/C24H32N6O4/c1-6-30(7-2)15-21(31)28-29-23-18-9-8-10-19(33-4)22(18)26-24(27-23)25-14-16-11-12-17(32-3)13-20(16)34-5/h8-13H,6-7,14-15H2,1-5H3,(H,28,31)(H2,25,26,27,29). The zero-order chi connectivity index (χ0) is 24.5. The van der Waals surface area contributed by atoms with E-state index in [2.05, 4.69) is 26.1 Å². The van der Waals surface area contributed by atoms with E-state index in [1.54, 1.807) is 21.3 Å². The number of anilines is 2. The Morgan fingerprint density at radius 3 is 2.41 bits per heavy atom. The number of hydrogen-bond acceptors (Lipinski definition) is 9. The Morgan fingerprint density at radius 1 is 0.971 bits per heavy atom. The number of hydrogen-bond donors (Lipinski definition) is 3. The van der Waals surface area contributed by atoms with Gasteiger partial charge in [0.05, 0.1) is 27.9 Å². The zero-order valence-corrected chi connectivity index (χ0v) is 20.3. The normalized spacial score (nSPS) is 10.8. The number of nitrogens with one attached hydrogen (secondary N) is 3. The molecule has 0 unspecified atom stereocenters. The molecule has 0 aliphatic carbocycles. The molecule has 0 radical (unpaired) electrons. The molecule has 10 heteroatoms. The van der Waals surface area contributed by atoms with Crippen molar-refractivity contribution in [3.8, 4) is 17.2 Å². The van der Waals surface area contributed by atoms with E-state index in [1.807, 2.05) is 55.1 Å². The number of aromatic nitrogens is 2. The van der Waals surface area contributed by atoms with Crippen molar-refractivity contribution in [2.45, 2.75) is 20.4 Å². The number of benzene rings is 2. The number of amides is 1. The molecule has 10 nitrogen and oxygen atoms in total. The molecule has 182 valence electrons. The second-order valence-corrected chi connectivity index (χ2v) is 7.42. The Hall–Kier alpha value is -3.79. The number of carbonyl (C=O) groups is 1. The van der Waals surface area contributed by atoms with Gasteiger partial charge in [0.1, 0.15) is 22.8 Å². The predicted octanol–water partition coefficient (Wildman–Crippen LogP) is 3.05. The van der Waals surface area contributed by atoms with Gasteiger partial charge >= 0.3 is 0 Å². The summed E-state index contributed by atoms with van der Waals surface area (Å²) in [5.74, 6) is 2.67. The smallest absolute Gasteiger partial charge is 0.252 e. The van der Waals surface area contributed by atoms with Crippen LogP contribution >= 0.6 is 0 Å². The van der Waals surface area contributed by atoms with E-state index < -0.39 is 0 Å². The highest BCUT2D eigenvalue weighted by atomic mass is 16.5. The van der Waals surface area contributed by atoms with Crippen molar-refractivity contribution in [2.75, 3.05) is 51.7 Å². The first-order valence-electron chi connectivity index (χ1n) is 11.1. The van der Waals surface area contributed by atoms with Crippen molar-refractivity contribution >= 4 is 28.6 Å². The first-order valence-corrected chi connectivity index (χ1v) is 11.1. The molecule has 0 fully saturated rings. The largest absolute Gasteiger partial charge is 0.497 e. The van der Waals surface area contributed by atoms with Gasteiger partial charge < -0.3 is 19.5 Å². The van der Waals surface area contributed by atoms with Crippen LogP contribution in [0.1, 0.15) is 19.4 Å². The fraction of sp³-hybridized carbons (Fsp3) is 0.375. The molecule has 0 aliphatic heterocycles. The van der Waals surface area contributed by atoms with E-state index in [0.717, 1.165) is 24.0 Å². The van der Waals surface area contributed by atoms with Crippen molar-refractivity contribution in [1.29, 1.82) is 0 Å². The summed E-state index contributed by atoms with van der Waals surface area (Å²) in [7, 11) is 4.81. The number of hydrazine groups is 1. The Labute approximate surface area is 199 Å². The molecule has 0 saturated heterocycles. The van der Waals surface area contributed by atoms with E-state index in [9.17, 15) is 4.79 Å². The quantitative estimate of drug-likeness (QED) is 0.346. The minimum atomic E-state index is -0.157. The van der Waals surface area contributed by atoms with Crippen molar-refractivity contribution < 1.29 is 19.0 Å². The van der Waals surface area contributed by atoms with Crippen LogP contribution in [0.5, 0.6) is 17.2 Å². The fourth-order valence-electron chi connectivity index (χ4n) is 3.46. The molecular formula is C24H32N6O4. The molecule has 1 heterocycles. The maximum Gasteiger partial charge on any atom is 0.252 e. The predicted molar refractivity (Wildman–Crippen MR) is 133 cm³/mol. The number of likely N-dealkylation sites (N-methyl/N-ethyl adjacent to an activating group) is 1. The lowest BCUT2D eigenvalue weighted by atomic mass is 10.2. The number of para-hydroxylation sites is 1. The van der Waals surface area contributed by atoms with E-state index >= 15 is 0 Å². The first kappa shape index (κ1) is 24.8. The van der Waals surface area contributed by atoms with Crippen LogP contribution in [0.4, 0.5) is 11.8 Å². The number of methoxy groups -OCH3 is 3. The van der Waals surface area contributed by atoms with E-state index in [1.165, 1.54) is 0 Å². The highest BCUT2D eigenvalue weighted by Crippen LogP contribution is 2.30. The van der Waals surface area contributed by atoms with Gasteiger partial charge in [0, 0.05) is 23.6 Å². The molecule has 0 bridgehead atoms. The monoisotopic (exact) mass is 468 g/mol. The van der Waals surface area contributed by atoms with Gasteiger partial charge in [-0.3, -0.25) is 20.5 Å². The van der Waals surface area contributed by atoms with Gasteiger partial charge in [-0.2, -0.15) is 4.98 Å². The highest BCUT2D eigenvalue weighted by Gasteiger charge is 2.14. The van der Waals surface area contributed by atoms with Gasteiger partial charge in [0.15, 0.2) is 5.82 Å². The van der Waals surface area contributed by atoms with E-state index in [4.69, 9.17) is 14.2 Å². The number of nitrogens with zero attached hydrogens (tertiary/aromatic N) is 3. The summed E-state index contributed by atoms with van der Waals surface area (Å²) in [5, 5.41) is 3.95. The second-order valence-electron chi connectivity index (χ2n) is 7.42. The molecule has 1 aromatic heterocycles. The lowest BCUT2D eigenvalue weighted by Gasteiger charge is -2.18. The number of fused-ring (bicyclic) bond motifs is 1. The van der Waals surface area contributed by atoms with Crippen LogP contribution in [-0.4, -0.2) is 61.7 Å². The van der Waals surface area contributed by atoms with Crippen LogP contribution in [0.2, 0.25) is 0 Å². The van der Waals surface area contributed by atoms with Crippen molar-refractivity contribution in [2.24, 2.45) is 0 Å². The number of rotatable bonds is 12. The molecule has 3 N–H and O–H groups in total. The van der Waals surface area contributed by atoms with Crippen LogP contribution in [0, 0.1) is 0 Å². The SMILES string of the molecule is CCN(CC)CC(=O)NNc1nc(NCc2ccc(OC)cc2OC)nc2c(OC)cccc12. The highest BCUT2D eigenvalue weighted by molar-refractivity contribution is 5.94. The third-order valence-electron chi connectivity index (χ3n) is 5.42. The van der Waals surface area contributed by atoms with Crippen molar-refractivity contribution in [1.82, 2.24) is 20.3 Å². The Morgan fingerprint density at radius 2 is 1.74 bits per heavy atom. The van der Waals surface area contributed by atoms with Crippen LogP contribution in [0.3, 0.4) is 0 Å². The summed E-state index contributed by atoms with van der Waals surface area (Å²) in [6.07, 6.45) is 0. The lowest BCUT2D eigenvalue weighted by molar-refractivity contribution is -0.121. The van der Waals surface area contributed by atoms with Crippen LogP contribution < -0.4 is 30.4 Å². The summed E-state index contributed by atoms with van der Waals surface area (Å²) in [6.45, 7) is 6.32. The number of ether oxygens (including phenoxy) is 3. The topological polar surface area (TPSA) is 110 Å². The minimum Gasteiger partial charge on any atom is -0.497 e. The van der Waals surface area contributed by atoms with E-state index in [-0.39, 0.29) is 12.5 Å². The van der Waals surface area contributed by atoms with Crippen LogP contribution in [0.15, 0.2) is 36.4 Å². The van der Waals surface area contributed by atoms with Gasteiger partial charge in [-0.25, -0.2) is 4.98 Å². The van der Waals surface area contributed by atoms with Gasteiger partial charge in [-0.1, -0.05) is 19.9 Å². The molecule has 1 amide bonds. The second kappa shape index (κ2) is 11.9. The van der Waals surface area contributed by atoms with Gasteiger partial charge in [-0.15, -0.1) is 0 Å². The van der Waals surface area contributed by atoms with Crippen LogP contribution in [-0.2, 0) is 11.3 Å². The molecule has 0 spiro atoms. The summed E-state index contributed by atoms with van der Waals surface area (Å²) in [4.78, 5) is 23.6. The summed E-state index contributed by atoms with van der Waals surface area (Å²) in [6, 6.07) is 11.1. The average molecular weight is 469 g/mol. The zero-order valence-electron chi connectivity index (χ0n) is 20.3. The fourth-order valence-corrected chi connectivity index (χ4v) is 3.46. The molecule has 0 aliphatic rings. The molecule has 0 saturated carbocycles. The third-order valence-corrected chi connectivity index (χ3v) is 5.42. The van der Waals surface area contributed by atoms with Crippen molar-refractivity contribution in [3.63, 3.8) is 0 Å². The molecule has 3 aromatic rings. The molecule has 34 heavy (non-hydrogen) atoms. The molecular weight excluding hydrogens is 436 g/mol. The lowest BCUT2D eigenvalue weighted by Crippen LogP contribution is -2.39. The Kier molecular flexibility index (Phi) is 8.69. The summed E-state index contributed by atoms with van der Waals surface area (Å²) >= 11 is 0. The van der Waals surface area contributed by atoms with Gasteiger partial charge in [-0.05, 0) is 37.4 Å². The van der Waals surface area contributed by atoms with Crippen LogP contribution in [0.25, 0.3) is 10.9 Å². The minimum absolute atomic E-state index is 0.157. The number of carbonyl (C=O) groups excluding carboxylic acids is 1. The summed E-state index contributed by atoms with van der Waals surface area (Å²) < 4.78 is 16.2. The average Bonchev–Trinajstić information content (AvgIpc) is 2.88. The maximum absolute atomic E-state index is 12.4. The maximum atomic E-state index is 12.4. The molecule has 0 atom stereocenters. The molecule has 2 aromatic carbocycles. The Balaban J connectivity index is 1.85. The van der Waals surface area contributed by atoms with Gasteiger partial charge in [0.25, 0.3) is 5.91 Å². The molecule has 3 rings (SSSR count). The third kappa shape index (κ3) is 5.96. The summed E-state index contributed by atoms with van der Waals surface area (Å²) in [5.41, 5.74) is 7.22. The van der Waals surface area contributed by atoms with E-state index in [0.29, 0.717) is 41.1 Å². The first-order chi connectivity index (χ1) is 16.5. The van der Waals surface area contributed by atoms with Crippen molar-refractivity contribution in [3.05, 3.63) is 42.0 Å². The van der Waals surface area contributed by atoms with Gasteiger partial charge in [0.2, 0.25) is 5.95 Å². The Bertz CT molecular complexity index is 1120.